The Balaban J connectivity index is 2.38. The van der Waals surface area contributed by atoms with Crippen LogP contribution in [0.15, 0.2) is 41.7 Å². The van der Waals surface area contributed by atoms with Crippen molar-refractivity contribution in [1.29, 1.82) is 0 Å². The molecule has 0 saturated carbocycles. The molecule has 0 unspecified atom stereocenters. The third-order valence-corrected chi connectivity index (χ3v) is 4.71. The van der Waals surface area contributed by atoms with Gasteiger partial charge in [0.2, 0.25) is 0 Å². The predicted octanol–water partition coefficient (Wildman–Crippen LogP) is 5.48. The third-order valence-electron chi connectivity index (χ3n) is 4.71. The first-order valence-electron chi connectivity index (χ1n) is 9.60. The zero-order chi connectivity index (χ0) is 24.8. The van der Waals surface area contributed by atoms with Crippen LogP contribution in [0.4, 0.5) is 22.0 Å². The Kier molecular flexibility index (Phi) is 8.56. The van der Waals surface area contributed by atoms with Crippen LogP contribution in [0.5, 0.6) is 0 Å². The molecule has 0 saturated heterocycles. The van der Waals surface area contributed by atoms with Crippen LogP contribution < -0.4 is 0 Å². The smallest absolute Gasteiger partial charge is 0.393 e. The molecule has 2 aromatic rings. The Morgan fingerprint density at radius 1 is 1.06 bits per heavy atom. The number of oxime groups is 1. The molecule has 10 heteroatoms. The van der Waals surface area contributed by atoms with E-state index in [1.54, 1.807) is 25.1 Å². The molecule has 0 heterocycles. The maximum atomic E-state index is 14.1. The molecule has 2 rings (SSSR count). The molecule has 0 N–H and O–H groups in total. The average molecular weight is 471 g/mol. The second-order valence-electron chi connectivity index (χ2n) is 6.99. The summed E-state index contributed by atoms with van der Waals surface area (Å²) in [6.07, 6.45) is -5.20. The number of ether oxygens (including phenoxy) is 2. The highest BCUT2D eigenvalue weighted by atomic mass is 19.4. The van der Waals surface area contributed by atoms with E-state index in [9.17, 15) is 26.7 Å². The number of carbonyl (C=O) groups is 1. The SMILES string of the molecule is CO/C=C(/C(=O)OC)c1cccc(C)c1CO/N=C(\C)c1ccc(F)c(F)c1CC(F)(F)F. The number of hydrogen-bond donors (Lipinski definition) is 0. The fourth-order valence-electron chi connectivity index (χ4n) is 3.14. The summed E-state index contributed by atoms with van der Waals surface area (Å²) < 4.78 is 76.0. The van der Waals surface area contributed by atoms with Gasteiger partial charge in [-0.3, -0.25) is 0 Å². The third kappa shape index (κ3) is 6.53. The molecule has 0 atom stereocenters. The molecular weight excluding hydrogens is 449 g/mol. The summed E-state index contributed by atoms with van der Waals surface area (Å²) >= 11 is 0. The van der Waals surface area contributed by atoms with Gasteiger partial charge < -0.3 is 14.3 Å². The number of hydrogen-bond acceptors (Lipinski definition) is 5. The lowest BCUT2D eigenvalue weighted by Crippen LogP contribution is -2.17. The van der Waals surface area contributed by atoms with E-state index < -0.39 is 35.8 Å². The number of aryl methyl sites for hydroxylation is 1. The topological polar surface area (TPSA) is 57.1 Å². The van der Waals surface area contributed by atoms with Gasteiger partial charge in [-0.15, -0.1) is 0 Å². The Morgan fingerprint density at radius 3 is 2.36 bits per heavy atom. The lowest BCUT2D eigenvalue weighted by Gasteiger charge is -2.15. The second kappa shape index (κ2) is 10.9. The van der Waals surface area contributed by atoms with Gasteiger partial charge in [-0.05, 0) is 37.1 Å². The number of benzene rings is 2. The molecule has 33 heavy (non-hydrogen) atoms. The maximum absolute atomic E-state index is 14.1. The van der Waals surface area contributed by atoms with Crippen LogP contribution in [0.25, 0.3) is 5.57 Å². The van der Waals surface area contributed by atoms with Crippen LogP contribution in [0, 0.1) is 18.6 Å². The number of rotatable bonds is 8. The lowest BCUT2D eigenvalue weighted by molar-refractivity contribution is -0.133. The van der Waals surface area contributed by atoms with Crippen molar-refractivity contribution in [3.63, 3.8) is 0 Å². The Labute approximate surface area is 187 Å². The van der Waals surface area contributed by atoms with Crippen molar-refractivity contribution >= 4 is 17.3 Å². The largest absolute Gasteiger partial charge is 0.503 e. The normalized spacial score (nSPS) is 12.5. The molecule has 0 amide bonds. The van der Waals surface area contributed by atoms with E-state index in [4.69, 9.17) is 14.3 Å². The fraction of sp³-hybridized carbons (Fsp3) is 0.304. The number of carbonyl (C=O) groups excluding carboxylic acids is 1. The summed E-state index contributed by atoms with van der Waals surface area (Å²) in [5, 5.41) is 3.80. The highest BCUT2D eigenvalue weighted by Crippen LogP contribution is 2.28. The maximum Gasteiger partial charge on any atom is 0.393 e. The van der Waals surface area contributed by atoms with Crippen molar-refractivity contribution in [2.45, 2.75) is 33.1 Å². The van der Waals surface area contributed by atoms with Crippen molar-refractivity contribution in [2.24, 2.45) is 5.16 Å². The van der Waals surface area contributed by atoms with Gasteiger partial charge in [0.1, 0.15) is 12.2 Å². The van der Waals surface area contributed by atoms with Crippen LogP contribution in [0.3, 0.4) is 0 Å². The van der Waals surface area contributed by atoms with E-state index in [-0.39, 0.29) is 23.5 Å². The fourth-order valence-corrected chi connectivity index (χ4v) is 3.14. The van der Waals surface area contributed by atoms with E-state index in [0.29, 0.717) is 11.1 Å². The summed E-state index contributed by atoms with van der Waals surface area (Å²) in [6.45, 7) is 2.91. The van der Waals surface area contributed by atoms with Crippen molar-refractivity contribution in [2.75, 3.05) is 14.2 Å². The Bertz CT molecular complexity index is 1080. The minimum atomic E-state index is -4.75. The zero-order valence-electron chi connectivity index (χ0n) is 18.3. The molecule has 0 fully saturated rings. The first-order valence-corrected chi connectivity index (χ1v) is 9.60. The molecule has 0 radical (unpaired) electrons. The molecule has 0 aliphatic rings. The molecule has 5 nitrogen and oxygen atoms in total. The summed E-state index contributed by atoms with van der Waals surface area (Å²) in [5.74, 6) is -3.63. The molecular formula is C23H22F5NO4. The second-order valence-corrected chi connectivity index (χ2v) is 6.99. The van der Waals surface area contributed by atoms with Gasteiger partial charge in [0.25, 0.3) is 0 Å². The van der Waals surface area contributed by atoms with Gasteiger partial charge in [0, 0.05) is 16.7 Å². The Hall–Kier alpha value is -3.43. The molecule has 0 bridgehead atoms. The number of methoxy groups -OCH3 is 2. The number of halogens is 5. The number of nitrogens with zero attached hydrogens (tertiary/aromatic N) is 1. The van der Waals surface area contributed by atoms with E-state index in [1.807, 2.05) is 0 Å². The molecule has 0 aromatic heterocycles. The van der Waals surface area contributed by atoms with Gasteiger partial charge in [0.05, 0.1) is 32.6 Å². The number of esters is 1. The van der Waals surface area contributed by atoms with Crippen molar-refractivity contribution in [1.82, 2.24) is 0 Å². The van der Waals surface area contributed by atoms with Crippen molar-refractivity contribution < 1.29 is 41.1 Å². The highest BCUT2D eigenvalue weighted by Gasteiger charge is 2.32. The summed E-state index contributed by atoms with van der Waals surface area (Å²) in [4.78, 5) is 17.5. The van der Waals surface area contributed by atoms with Crippen LogP contribution >= 0.6 is 0 Å². The lowest BCUT2D eigenvalue weighted by atomic mass is 9.97. The van der Waals surface area contributed by atoms with E-state index in [0.717, 1.165) is 17.7 Å². The van der Waals surface area contributed by atoms with Crippen molar-refractivity contribution in [3.8, 4) is 0 Å². The molecule has 0 aliphatic heterocycles. The van der Waals surface area contributed by atoms with Gasteiger partial charge in [0.15, 0.2) is 11.6 Å². The van der Waals surface area contributed by atoms with Gasteiger partial charge in [-0.2, -0.15) is 13.2 Å². The predicted molar refractivity (Wildman–Crippen MR) is 111 cm³/mol. The van der Waals surface area contributed by atoms with Crippen LogP contribution in [0.2, 0.25) is 0 Å². The van der Waals surface area contributed by atoms with Gasteiger partial charge in [-0.25, -0.2) is 13.6 Å². The van der Waals surface area contributed by atoms with Gasteiger partial charge >= 0.3 is 12.1 Å². The standard InChI is InChI=1S/C23H22F5NO4/c1-13-6-5-7-16(19(11-31-3)22(30)32-4)18(13)12-33-29-14(2)15-8-9-20(24)21(25)17(15)10-23(26,27)28/h5-9,11H,10,12H2,1-4H3/b19-11+,29-14+. The van der Waals surface area contributed by atoms with Crippen LogP contribution in [0.1, 0.15) is 34.7 Å². The quantitative estimate of drug-likeness (QED) is 0.128. The monoisotopic (exact) mass is 471 g/mol. The van der Waals surface area contributed by atoms with E-state index in [1.165, 1.54) is 27.4 Å². The van der Waals surface area contributed by atoms with E-state index >= 15 is 0 Å². The molecule has 0 spiro atoms. The number of alkyl halides is 3. The first-order chi connectivity index (χ1) is 15.5. The Morgan fingerprint density at radius 2 is 1.76 bits per heavy atom. The molecule has 0 aliphatic carbocycles. The summed E-state index contributed by atoms with van der Waals surface area (Å²) in [7, 11) is 2.58. The van der Waals surface area contributed by atoms with E-state index in [2.05, 4.69) is 5.16 Å². The average Bonchev–Trinajstić information content (AvgIpc) is 2.75. The summed E-state index contributed by atoms with van der Waals surface area (Å²) in [6, 6.07) is 6.84. The molecule has 2 aromatic carbocycles. The summed E-state index contributed by atoms with van der Waals surface area (Å²) in [5.41, 5.74) is 0.674. The minimum absolute atomic E-state index is 0.0797. The zero-order valence-corrected chi connectivity index (χ0v) is 18.3. The molecule has 178 valence electrons. The van der Waals surface area contributed by atoms with Gasteiger partial charge in [-0.1, -0.05) is 23.4 Å². The van der Waals surface area contributed by atoms with Crippen molar-refractivity contribution in [3.05, 3.63) is 76.0 Å². The first kappa shape index (κ1) is 25.8. The van der Waals surface area contributed by atoms with Crippen LogP contribution in [-0.2, 0) is 32.1 Å². The minimum Gasteiger partial charge on any atom is -0.503 e. The van der Waals surface area contributed by atoms with Crippen LogP contribution in [-0.4, -0.2) is 32.1 Å². The highest BCUT2D eigenvalue weighted by molar-refractivity contribution is 6.16.